The number of imidazole rings is 1. The molecular weight excluding hydrogens is 290 g/mol. The van der Waals surface area contributed by atoms with Crippen LogP contribution in [0.3, 0.4) is 0 Å². The second-order valence-corrected chi connectivity index (χ2v) is 7.03. The number of aromatic nitrogens is 2. The van der Waals surface area contributed by atoms with Gasteiger partial charge in [0.05, 0.1) is 18.2 Å². The van der Waals surface area contributed by atoms with E-state index in [0.717, 1.165) is 30.5 Å². The van der Waals surface area contributed by atoms with Gasteiger partial charge in [0.25, 0.3) is 5.91 Å². The second kappa shape index (κ2) is 5.64. The number of carbonyl (C=O) groups is 1. The zero-order valence-corrected chi connectivity index (χ0v) is 13.5. The molecule has 2 fully saturated rings. The summed E-state index contributed by atoms with van der Waals surface area (Å²) in [5, 5.41) is 3.10. The highest BCUT2D eigenvalue weighted by Gasteiger charge is 2.41. The summed E-state index contributed by atoms with van der Waals surface area (Å²) in [6.45, 7) is 2.65. The van der Waals surface area contributed by atoms with E-state index in [0.29, 0.717) is 12.3 Å². The molecule has 1 aliphatic heterocycles. The zero-order valence-electron chi connectivity index (χ0n) is 13.5. The van der Waals surface area contributed by atoms with Crippen LogP contribution in [0.4, 0.5) is 0 Å². The number of carbonyl (C=O) groups excluding carboxylic acids is 1. The molecule has 3 heterocycles. The number of aryl methyl sites for hydroxylation is 1. The van der Waals surface area contributed by atoms with E-state index < -0.39 is 0 Å². The van der Waals surface area contributed by atoms with Crippen molar-refractivity contribution in [2.24, 2.45) is 0 Å². The lowest BCUT2D eigenvalue weighted by Gasteiger charge is -2.32. The van der Waals surface area contributed by atoms with Gasteiger partial charge in [-0.05, 0) is 37.8 Å². The molecule has 1 saturated heterocycles. The molecule has 0 radical (unpaired) electrons. The fraction of sp³-hybridized carbons (Fsp3) is 0.556. The first-order valence-corrected chi connectivity index (χ1v) is 8.54. The van der Waals surface area contributed by atoms with Crippen LogP contribution in [0.1, 0.15) is 54.6 Å². The molecule has 2 aliphatic rings. The number of hydrogen-bond donors (Lipinski definition) is 1. The summed E-state index contributed by atoms with van der Waals surface area (Å²) >= 11 is 0. The van der Waals surface area contributed by atoms with E-state index in [1.165, 1.54) is 19.3 Å². The highest BCUT2D eigenvalue weighted by molar-refractivity contribution is 5.93. The molecule has 122 valence electrons. The average Bonchev–Trinajstić information content (AvgIpc) is 3.12. The fourth-order valence-electron chi connectivity index (χ4n) is 3.95. The van der Waals surface area contributed by atoms with Crippen molar-refractivity contribution in [3.63, 3.8) is 0 Å². The third-order valence-corrected chi connectivity index (χ3v) is 5.14. The van der Waals surface area contributed by atoms with E-state index in [-0.39, 0.29) is 17.6 Å². The summed E-state index contributed by atoms with van der Waals surface area (Å²) in [4.78, 5) is 16.9. The van der Waals surface area contributed by atoms with Gasteiger partial charge in [-0.1, -0.05) is 25.3 Å². The van der Waals surface area contributed by atoms with Crippen LogP contribution >= 0.6 is 0 Å². The lowest BCUT2D eigenvalue weighted by Crippen LogP contribution is -2.37. The first kappa shape index (κ1) is 14.7. The Morgan fingerprint density at radius 3 is 2.96 bits per heavy atom. The minimum Gasteiger partial charge on any atom is -0.373 e. The van der Waals surface area contributed by atoms with E-state index in [1.54, 1.807) is 6.20 Å². The maximum absolute atomic E-state index is 12.5. The molecule has 1 saturated carbocycles. The maximum Gasteiger partial charge on any atom is 0.271 e. The van der Waals surface area contributed by atoms with Gasteiger partial charge < -0.3 is 14.5 Å². The van der Waals surface area contributed by atoms with E-state index in [9.17, 15) is 4.79 Å². The third kappa shape index (κ3) is 2.85. The first-order chi connectivity index (χ1) is 11.1. The van der Waals surface area contributed by atoms with Crippen LogP contribution in [0.2, 0.25) is 0 Å². The van der Waals surface area contributed by atoms with Gasteiger partial charge in [0.1, 0.15) is 11.3 Å². The van der Waals surface area contributed by atoms with Crippen molar-refractivity contribution in [2.45, 2.75) is 57.1 Å². The Morgan fingerprint density at radius 2 is 2.13 bits per heavy atom. The van der Waals surface area contributed by atoms with E-state index in [1.807, 2.05) is 29.7 Å². The van der Waals surface area contributed by atoms with Crippen LogP contribution in [-0.2, 0) is 4.74 Å². The van der Waals surface area contributed by atoms with Crippen molar-refractivity contribution < 1.29 is 9.53 Å². The van der Waals surface area contributed by atoms with Gasteiger partial charge in [-0.25, -0.2) is 4.98 Å². The molecule has 1 amide bonds. The van der Waals surface area contributed by atoms with Gasteiger partial charge in [-0.2, -0.15) is 0 Å². The van der Waals surface area contributed by atoms with Gasteiger partial charge >= 0.3 is 0 Å². The Hall–Kier alpha value is -1.88. The molecule has 0 aromatic carbocycles. The van der Waals surface area contributed by atoms with E-state index in [2.05, 4.69) is 10.3 Å². The van der Waals surface area contributed by atoms with Crippen molar-refractivity contribution in [1.29, 1.82) is 0 Å². The number of pyridine rings is 1. The SMILES string of the molecule is Cc1ccc2nc(C(=O)N[C@@H]3COC4(CCCCC4)C3)cn2c1. The predicted molar refractivity (Wildman–Crippen MR) is 87.6 cm³/mol. The maximum atomic E-state index is 12.5. The normalized spacial score (nSPS) is 23.4. The van der Waals surface area contributed by atoms with Gasteiger partial charge in [0.2, 0.25) is 0 Å². The van der Waals surface area contributed by atoms with Gasteiger partial charge in [-0.15, -0.1) is 0 Å². The van der Waals surface area contributed by atoms with Crippen molar-refractivity contribution in [1.82, 2.24) is 14.7 Å². The third-order valence-electron chi connectivity index (χ3n) is 5.14. The molecule has 1 N–H and O–H groups in total. The standard InChI is InChI=1S/C18H23N3O2/c1-13-5-6-16-20-15(11-21(16)10-13)17(22)19-14-9-18(23-12-14)7-3-2-4-8-18/h5-6,10-11,14H,2-4,7-9,12H2,1H3,(H,19,22)/t14-/m0/s1. The predicted octanol–water partition coefficient (Wildman–Crippen LogP) is 2.86. The van der Waals surface area contributed by atoms with Crippen molar-refractivity contribution in [3.8, 4) is 0 Å². The number of rotatable bonds is 2. The Morgan fingerprint density at radius 1 is 1.30 bits per heavy atom. The number of nitrogens with zero attached hydrogens (tertiary/aromatic N) is 2. The van der Waals surface area contributed by atoms with Gasteiger partial charge in [0, 0.05) is 12.4 Å². The van der Waals surface area contributed by atoms with Gasteiger partial charge in [0.15, 0.2) is 0 Å². The lowest BCUT2D eigenvalue weighted by atomic mass is 9.82. The fourth-order valence-corrected chi connectivity index (χ4v) is 3.95. The van der Waals surface area contributed by atoms with Crippen LogP contribution in [0, 0.1) is 6.92 Å². The number of nitrogens with one attached hydrogen (secondary N) is 1. The Bertz CT molecular complexity index is 731. The van der Waals surface area contributed by atoms with Crippen molar-refractivity contribution in [2.75, 3.05) is 6.61 Å². The number of fused-ring (bicyclic) bond motifs is 1. The second-order valence-electron chi connectivity index (χ2n) is 7.03. The highest BCUT2D eigenvalue weighted by atomic mass is 16.5. The molecular formula is C18H23N3O2. The summed E-state index contributed by atoms with van der Waals surface area (Å²) in [6, 6.07) is 4.04. The summed E-state index contributed by atoms with van der Waals surface area (Å²) in [6.07, 6.45) is 10.8. The van der Waals surface area contributed by atoms with E-state index >= 15 is 0 Å². The highest BCUT2D eigenvalue weighted by Crippen LogP contribution is 2.39. The number of hydrogen-bond acceptors (Lipinski definition) is 3. The molecule has 5 nitrogen and oxygen atoms in total. The zero-order chi connectivity index (χ0) is 15.9. The van der Waals surface area contributed by atoms with Gasteiger partial charge in [-0.3, -0.25) is 4.79 Å². The largest absolute Gasteiger partial charge is 0.373 e. The molecule has 1 aliphatic carbocycles. The van der Waals surface area contributed by atoms with Crippen molar-refractivity contribution in [3.05, 3.63) is 35.8 Å². The van der Waals surface area contributed by atoms with E-state index in [4.69, 9.17) is 4.74 Å². The summed E-state index contributed by atoms with van der Waals surface area (Å²) in [7, 11) is 0. The van der Waals surface area contributed by atoms with Crippen LogP contribution in [0.25, 0.3) is 5.65 Å². The Balaban J connectivity index is 1.45. The molecule has 23 heavy (non-hydrogen) atoms. The molecule has 1 spiro atoms. The molecule has 0 bridgehead atoms. The molecule has 2 aromatic heterocycles. The molecule has 0 unspecified atom stereocenters. The summed E-state index contributed by atoms with van der Waals surface area (Å²) < 4.78 is 7.97. The van der Waals surface area contributed by atoms with Crippen LogP contribution in [-0.4, -0.2) is 33.5 Å². The number of ether oxygens (including phenoxy) is 1. The quantitative estimate of drug-likeness (QED) is 0.927. The van der Waals surface area contributed by atoms with Crippen molar-refractivity contribution >= 4 is 11.6 Å². The average molecular weight is 313 g/mol. The number of amides is 1. The van der Waals surface area contributed by atoms with Crippen LogP contribution in [0.5, 0.6) is 0 Å². The topological polar surface area (TPSA) is 55.6 Å². The molecule has 2 aromatic rings. The van der Waals surface area contributed by atoms with Crippen LogP contribution < -0.4 is 5.32 Å². The molecule has 4 rings (SSSR count). The molecule has 1 atom stereocenters. The monoisotopic (exact) mass is 313 g/mol. The summed E-state index contributed by atoms with van der Waals surface area (Å²) in [5.74, 6) is -0.104. The minimum atomic E-state index is -0.104. The molecule has 5 heteroatoms. The minimum absolute atomic E-state index is 0.0201. The Kier molecular flexibility index (Phi) is 3.60. The Labute approximate surface area is 136 Å². The first-order valence-electron chi connectivity index (χ1n) is 8.54. The lowest BCUT2D eigenvalue weighted by molar-refractivity contribution is -0.0246. The smallest absolute Gasteiger partial charge is 0.271 e. The summed E-state index contributed by atoms with van der Waals surface area (Å²) in [5.41, 5.74) is 2.43. The van der Waals surface area contributed by atoms with Crippen LogP contribution in [0.15, 0.2) is 24.5 Å².